The van der Waals surface area contributed by atoms with Crippen LogP contribution in [0.4, 0.5) is 0 Å². The van der Waals surface area contributed by atoms with Gasteiger partial charge in [-0.05, 0) is 43.2 Å². The number of hydrogen-bond acceptors (Lipinski definition) is 3. The summed E-state index contributed by atoms with van der Waals surface area (Å²) >= 11 is 0. The number of methoxy groups -OCH3 is 1. The molecule has 0 radical (unpaired) electrons. The molecule has 2 amide bonds. The number of ether oxygens (including phenoxy) is 1. The standard InChI is InChI=1S/C28H35N3O3/c1-4-23(2)31(28(33)25-14-9-6-10-15-25)22-27(32)30(18-19-34-3)21-26-16-11-17-29(26)20-24-12-7-5-8-13-24/h5-17,23H,4,18-22H2,1-3H3. The maximum atomic E-state index is 13.5. The van der Waals surface area contributed by atoms with Gasteiger partial charge in [0.15, 0.2) is 0 Å². The maximum absolute atomic E-state index is 13.5. The van der Waals surface area contributed by atoms with Crippen LogP contribution in [0.1, 0.15) is 41.9 Å². The molecule has 6 heteroatoms. The van der Waals surface area contributed by atoms with E-state index in [2.05, 4.69) is 16.7 Å². The van der Waals surface area contributed by atoms with Gasteiger partial charge in [-0.2, -0.15) is 0 Å². The van der Waals surface area contributed by atoms with E-state index in [0.29, 0.717) is 25.3 Å². The molecule has 34 heavy (non-hydrogen) atoms. The van der Waals surface area contributed by atoms with Crippen molar-refractivity contribution < 1.29 is 14.3 Å². The monoisotopic (exact) mass is 461 g/mol. The van der Waals surface area contributed by atoms with E-state index in [-0.39, 0.29) is 24.4 Å². The Kier molecular flexibility index (Phi) is 9.47. The van der Waals surface area contributed by atoms with Gasteiger partial charge in [0.25, 0.3) is 5.91 Å². The molecule has 1 atom stereocenters. The minimum Gasteiger partial charge on any atom is -0.383 e. The Morgan fingerprint density at radius 1 is 0.971 bits per heavy atom. The van der Waals surface area contributed by atoms with Crippen molar-refractivity contribution in [3.05, 3.63) is 95.8 Å². The van der Waals surface area contributed by atoms with E-state index in [1.807, 2.05) is 68.6 Å². The number of nitrogens with zero attached hydrogens (tertiary/aromatic N) is 3. The normalized spacial score (nSPS) is 11.7. The predicted octanol–water partition coefficient (Wildman–Crippen LogP) is 4.45. The molecule has 1 aromatic heterocycles. The van der Waals surface area contributed by atoms with Gasteiger partial charge in [-0.3, -0.25) is 9.59 Å². The number of rotatable bonds is 12. The highest BCUT2D eigenvalue weighted by atomic mass is 16.5. The van der Waals surface area contributed by atoms with Gasteiger partial charge in [0, 0.05) is 43.7 Å². The summed E-state index contributed by atoms with van der Waals surface area (Å²) in [5.41, 5.74) is 2.83. The molecule has 0 aliphatic heterocycles. The molecule has 1 unspecified atom stereocenters. The van der Waals surface area contributed by atoms with Crippen LogP contribution in [0.5, 0.6) is 0 Å². The number of hydrogen-bond donors (Lipinski definition) is 0. The topological polar surface area (TPSA) is 54.8 Å². The Bertz CT molecular complexity index is 1030. The van der Waals surface area contributed by atoms with Crippen LogP contribution in [0.2, 0.25) is 0 Å². The third-order valence-corrected chi connectivity index (χ3v) is 6.10. The zero-order chi connectivity index (χ0) is 24.3. The van der Waals surface area contributed by atoms with E-state index in [1.165, 1.54) is 5.56 Å². The van der Waals surface area contributed by atoms with E-state index >= 15 is 0 Å². The molecule has 0 saturated heterocycles. The first kappa shape index (κ1) is 25.2. The van der Waals surface area contributed by atoms with Gasteiger partial charge in [0.2, 0.25) is 5.91 Å². The fraction of sp³-hybridized carbons (Fsp3) is 0.357. The van der Waals surface area contributed by atoms with E-state index in [4.69, 9.17) is 4.74 Å². The number of carbonyl (C=O) groups is 2. The van der Waals surface area contributed by atoms with Crippen molar-refractivity contribution in [3.8, 4) is 0 Å². The van der Waals surface area contributed by atoms with Crippen molar-refractivity contribution in [3.63, 3.8) is 0 Å². The highest BCUT2D eigenvalue weighted by Crippen LogP contribution is 2.14. The van der Waals surface area contributed by atoms with Crippen LogP contribution >= 0.6 is 0 Å². The molecule has 1 heterocycles. The van der Waals surface area contributed by atoms with Crippen molar-refractivity contribution in [2.75, 3.05) is 26.8 Å². The number of aromatic nitrogens is 1. The lowest BCUT2D eigenvalue weighted by Crippen LogP contribution is -2.47. The van der Waals surface area contributed by atoms with Gasteiger partial charge in [0.1, 0.15) is 6.54 Å². The van der Waals surface area contributed by atoms with Crippen molar-refractivity contribution in [2.45, 2.75) is 39.4 Å². The first-order valence-electron chi connectivity index (χ1n) is 11.8. The molecule has 0 spiro atoms. The summed E-state index contributed by atoms with van der Waals surface area (Å²) in [6, 6.07) is 23.4. The van der Waals surface area contributed by atoms with Gasteiger partial charge in [-0.25, -0.2) is 0 Å². The molecule has 0 aliphatic rings. The zero-order valence-corrected chi connectivity index (χ0v) is 20.4. The molecule has 0 fully saturated rings. The zero-order valence-electron chi connectivity index (χ0n) is 20.4. The molecule has 2 aromatic carbocycles. The largest absolute Gasteiger partial charge is 0.383 e. The van der Waals surface area contributed by atoms with Crippen LogP contribution in [0.3, 0.4) is 0 Å². The molecule has 0 bridgehead atoms. The molecule has 0 saturated carbocycles. The van der Waals surface area contributed by atoms with Gasteiger partial charge in [-0.1, -0.05) is 55.5 Å². The number of amides is 2. The van der Waals surface area contributed by atoms with Crippen molar-refractivity contribution in [2.24, 2.45) is 0 Å². The van der Waals surface area contributed by atoms with Crippen molar-refractivity contribution in [1.29, 1.82) is 0 Å². The van der Waals surface area contributed by atoms with Crippen LogP contribution in [0.15, 0.2) is 79.0 Å². The van der Waals surface area contributed by atoms with Crippen LogP contribution in [0, 0.1) is 0 Å². The molecule has 0 aliphatic carbocycles. The SMILES string of the molecule is CCC(C)N(CC(=O)N(CCOC)Cc1cccn1Cc1ccccc1)C(=O)c1ccccc1. The molecule has 0 N–H and O–H groups in total. The maximum Gasteiger partial charge on any atom is 0.254 e. The second kappa shape index (κ2) is 12.8. The lowest BCUT2D eigenvalue weighted by atomic mass is 10.1. The third-order valence-electron chi connectivity index (χ3n) is 6.10. The second-order valence-electron chi connectivity index (χ2n) is 8.48. The third kappa shape index (κ3) is 6.81. The van der Waals surface area contributed by atoms with Crippen LogP contribution in [0.25, 0.3) is 0 Å². The van der Waals surface area contributed by atoms with Crippen LogP contribution in [-0.4, -0.2) is 59.0 Å². The minimum atomic E-state index is -0.123. The summed E-state index contributed by atoms with van der Waals surface area (Å²) in [5, 5.41) is 0. The molecular weight excluding hydrogens is 426 g/mol. The quantitative estimate of drug-likeness (QED) is 0.400. The summed E-state index contributed by atoms with van der Waals surface area (Å²) in [6.45, 7) is 6.13. The summed E-state index contributed by atoms with van der Waals surface area (Å²) in [5.74, 6) is -0.212. The average Bonchev–Trinajstić information content (AvgIpc) is 3.31. The Morgan fingerprint density at radius 2 is 1.65 bits per heavy atom. The summed E-state index contributed by atoms with van der Waals surface area (Å²) < 4.78 is 7.43. The fourth-order valence-corrected chi connectivity index (χ4v) is 3.86. The van der Waals surface area contributed by atoms with Gasteiger partial charge >= 0.3 is 0 Å². The van der Waals surface area contributed by atoms with Crippen LogP contribution < -0.4 is 0 Å². The van der Waals surface area contributed by atoms with Crippen molar-refractivity contribution in [1.82, 2.24) is 14.4 Å². The fourth-order valence-electron chi connectivity index (χ4n) is 3.86. The predicted molar refractivity (Wildman–Crippen MR) is 135 cm³/mol. The second-order valence-corrected chi connectivity index (χ2v) is 8.48. The number of benzene rings is 2. The Morgan fingerprint density at radius 3 is 2.29 bits per heavy atom. The van der Waals surface area contributed by atoms with Crippen LogP contribution in [-0.2, 0) is 22.6 Å². The average molecular weight is 462 g/mol. The Labute approximate surface area is 202 Å². The van der Waals surface area contributed by atoms with Crippen molar-refractivity contribution >= 4 is 11.8 Å². The molecule has 6 nitrogen and oxygen atoms in total. The molecule has 3 aromatic rings. The summed E-state index contributed by atoms with van der Waals surface area (Å²) in [7, 11) is 1.63. The van der Waals surface area contributed by atoms with E-state index in [0.717, 1.165) is 18.7 Å². The van der Waals surface area contributed by atoms with Gasteiger partial charge in [-0.15, -0.1) is 0 Å². The molecule has 3 rings (SSSR count). The lowest BCUT2D eigenvalue weighted by molar-refractivity contribution is -0.133. The summed E-state index contributed by atoms with van der Waals surface area (Å²) in [4.78, 5) is 30.2. The highest BCUT2D eigenvalue weighted by molar-refractivity contribution is 5.96. The number of carbonyl (C=O) groups excluding carboxylic acids is 2. The van der Waals surface area contributed by atoms with E-state index in [9.17, 15) is 9.59 Å². The first-order chi connectivity index (χ1) is 16.5. The minimum absolute atomic E-state index is 0.0336. The Hall–Kier alpha value is -3.38. The summed E-state index contributed by atoms with van der Waals surface area (Å²) in [6.07, 6.45) is 2.80. The molecular formula is C28H35N3O3. The lowest BCUT2D eigenvalue weighted by Gasteiger charge is -2.31. The Balaban J connectivity index is 1.77. The van der Waals surface area contributed by atoms with Gasteiger partial charge in [0.05, 0.1) is 13.2 Å². The molecule has 180 valence electrons. The smallest absolute Gasteiger partial charge is 0.254 e. The first-order valence-corrected chi connectivity index (χ1v) is 11.8. The highest BCUT2D eigenvalue weighted by Gasteiger charge is 2.26. The van der Waals surface area contributed by atoms with E-state index < -0.39 is 0 Å². The van der Waals surface area contributed by atoms with E-state index in [1.54, 1.807) is 29.0 Å². The van der Waals surface area contributed by atoms with Gasteiger partial charge < -0.3 is 19.1 Å².